The Kier molecular flexibility index (Phi) is 7.61. The van der Waals surface area contributed by atoms with Crippen LogP contribution in [0.2, 0.25) is 0 Å². The molecular weight excluding hydrogens is 268 g/mol. The molecule has 0 bridgehead atoms. The van der Waals surface area contributed by atoms with Crippen LogP contribution >= 0.6 is 0 Å². The molecule has 1 unspecified atom stereocenters. The van der Waals surface area contributed by atoms with Crippen molar-refractivity contribution in [1.82, 2.24) is 0 Å². The molecule has 0 fully saturated rings. The highest BCUT2D eigenvalue weighted by molar-refractivity contribution is 5.94. The van der Waals surface area contributed by atoms with Crippen LogP contribution in [-0.2, 0) is 4.79 Å². The maximum Gasteiger partial charge on any atom is 0.241 e. The van der Waals surface area contributed by atoms with Gasteiger partial charge in [-0.1, -0.05) is 19.8 Å². The van der Waals surface area contributed by atoms with E-state index in [0.717, 1.165) is 12.8 Å². The molecule has 1 rings (SSSR count). The third-order valence-corrected chi connectivity index (χ3v) is 3.02. The Morgan fingerprint density at radius 2 is 1.86 bits per heavy atom. The molecule has 0 aliphatic heterocycles. The SMILES string of the molecule is CCCCC(N)C(=O)Nc1ccc(OCC)c(OCC)c1. The van der Waals surface area contributed by atoms with E-state index in [1.165, 1.54) is 0 Å². The Balaban J connectivity index is 2.74. The second-order valence-electron chi connectivity index (χ2n) is 4.77. The number of unbranched alkanes of at least 4 members (excludes halogenated alkanes) is 1. The Labute approximate surface area is 126 Å². The molecule has 118 valence electrons. The van der Waals surface area contributed by atoms with Crippen molar-refractivity contribution in [1.29, 1.82) is 0 Å². The Morgan fingerprint density at radius 3 is 2.48 bits per heavy atom. The van der Waals surface area contributed by atoms with Crippen molar-refractivity contribution in [2.75, 3.05) is 18.5 Å². The molecule has 1 atom stereocenters. The van der Waals surface area contributed by atoms with Crippen molar-refractivity contribution in [3.63, 3.8) is 0 Å². The van der Waals surface area contributed by atoms with Gasteiger partial charge in [0.2, 0.25) is 5.91 Å². The highest BCUT2D eigenvalue weighted by atomic mass is 16.5. The summed E-state index contributed by atoms with van der Waals surface area (Å²) in [5, 5.41) is 2.82. The summed E-state index contributed by atoms with van der Waals surface area (Å²) in [4.78, 5) is 12.0. The molecule has 0 aliphatic rings. The van der Waals surface area contributed by atoms with Crippen molar-refractivity contribution < 1.29 is 14.3 Å². The number of ether oxygens (including phenoxy) is 2. The number of nitrogens with two attached hydrogens (primary N) is 1. The van der Waals surface area contributed by atoms with Gasteiger partial charge in [-0.05, 0) is 32.4 Å². The van der Waals surface area contributed by atoms with Gasteiger partial charge in [0.1, 0.15) is 0 Å². The minimum atomic E-state index is -0.480. The fraction of sp³-hybridized carbons (Fsp3) is 0.562. The Morgan fingerprint density at radius 1 is 1.19 bits per heavy atom. The lowest BCUT2D eigenvalue weighted by atomic mass is 10.1. The summed E-state index contributed by atoms with van der Waals surface area (Å²) in [5.74, 6) is 1.13. The predicted octanol–water partition coefficient (Wildman–Crippen LogP) is 2.94. The minimum absolute atomic E-state index is 0.171. The number of carbonyl (C=O) groups is 1. The van der Waals surface area contributed by atoms with Crippen LogP contribution in [0.3, 0.4) is 0 Å². The summed E-state index contributed by atoms with van der Waals surface area (Å²) in [6.45, 7) is 6.99. The molecule has 5 nitrogen and oxygen atoms in total. The lowest BCUT2D eigenvalue weighted by Gasteiger charge is -2.15. The van der Waals surface area contributed by atoms with Gasteiger partial charge in [-0.3, -0.25) is 4.79 Å². The van der Waals surface area contributed by atoms with E-state index in [1.54, 1.807) is 18.2 Å². The van der Waals surface area contributed by atoms with Gasteiger partial charge in [0.05, 0.1) is 19.3 Å². The van der Waals surface area contributed by atoms with Gasteiger partial charge in [0.25, 0.3) is 0 Å². The summed E-state index contributed by atoms with van der Waals surface area (Å²) in [7, 11) is 0. The zero-order valence-electron chi connectivity index (χ0n) is 13.1. The number of hydrogen-bond donors (Lipinski definition) is 2. The second-order valence-corrected chi connectivity index (χ2v) is 4.77. The van der Waals surface area contributed by atoms with Gasteiger partial charge < -0.3 is 20.5 Å². The largest absolute Gasteiger partial charge is 0.490 e. The van der Waals surface area contributed by atoms with Crippen molar-refractivity contribution in [3.8, 4) is 11.5 Å². The molecule has 0 saturated heterocycles. The summed E-state index contributed by atoms with van der Waals surface area (Å²) < 4.78 is 11.0. The first-order chi connectivity index (χ1) is 10.1. The topological polar surface area (TPSA) is 73.6 Å². The van der Waals surface area contributed by atoms with Crippen LogP contribution in [0.4, 0.5) is 5.69 Å². The number of amides is 1. The van der Waals surface area contributed by atoms with Crippen molar-refractivity contribution in [2.45, 2.75) is 46.1 Å². The number of nitrogens with one attached hydrogen (secondary N) is 1. The normalized spacial score (nSPS) is 11.8. The third kappa shape index (κ3) is 5.63. The van der Waals surface area contributed by atoms with E-state index in [2.05, 4.69) is 12.2 Å². The lowest BCUT2D eigenvalue weighted by molar-refractivity contribution is -0.117. The summed E-state index contributed by atoms with van der Waals surface area (Å²) in [6.07, 6.45) is 2.66. The van der Waals surface area contributed by atoms with Gasteiger partial charge in [0, 0.05) is 11.8 Å². The van der Waals surface area contributed by atoms with Crippen molar-refractivity contribution in [2.24, 2.45) is 5.73 Å². The van der Waals surface area contributed by atoms with Crippen molar-refractivity contribution >= 4 is 11.6 Å². The van der Waals surface area contributed by atoms with Gasteiger partial charge in [-0.25, -0.2) is 0 Å². The number of anilines is 1. The van der Waals surface area contributed by atoms with E-state index in [0.29, 0.717) is 36.8 Å². The fourth-order valence-corrected chi connectivity index (χ4v) is 1.92. The van der Waals surface area contributed by atoms with Crippen LogP contribution in [0.25, 0.3) is 0 Å². The molecule has 0 spiro atoms. The first-order valence-corrected chi connectivity index (χ1v) is 7.58. The average molecular weight is 294 g/mol. The van der Waals surface area contributed by atoms with Gasteiger partial charge >= 0.3 is 0 Å². The quantitative estimate of drug-likeness (QED) is 0.734. The predicted molar refractivity (Wildman–Crippen MR) is 84.9 cm³/mol. The molecular formula is C16H26N2O3. The molecule has 1 aromatic rings. The highest BCUT2D eigenvalue weighted by Crippen LogP contribution is 2.30. The first kappa shape index (κ1) is 17.3. The van der Waals surface area contributed by atoms with Gasteiger partial charge in [-0.2, -0.15) is 0 Å². The summed E-state index contributed by atoms with van der Waals surface area (Å²) in [6, 6.07) is 4.87. The molecule has 3 N–H and O–H groups in total. The number of carbonyl (C=O) groups excluding carboxylic acids is 1. The van der Waals surface area contributed by atoms with E-state index in [1.807, 2.05) is 13.8 Å². The number of rotatable bonds is 9. The van der Waals surface area contributed by atoms with Gasteiger partial charge in [0.15, 0.2) is 11.5 Å². The van der Waals surface area contributed by atoms with E-state index >= 15 is 0 Å². The highest BCUT2D eigenvalue weighted by Gasteiger charge is 2.14. The van der Waals surface area contributed by atoms with Crippen LogP contribution in [0.1, 0.15) is 40.0 Å². The molecule has 0 radical (unpaired) electrons. The molecule has 0 aliphatic carbocycles. The van der Waals surface area contributed by atoms with E-state index in [9.17, 15) is 4.79 Å². The zero-order chi connectivity index (χ0) is 15.7. The molecule has 1 aromatic carbocycles. The molecule has 1 amide bonds. The van der Waals surface area contributed by atoms with Crippen molar-refractivity contribution in [3.05, 3.63) is 18.2 Å². The maximum atomic E-state index is 12.0. The van der Waals surface area contributed by atoms with Crippen LogP contribution < -0.4 is 20.5 Å². The van der Waals surface area contributed by atoms with E-state index in [-0.39, 0.29) is 5.91 Å². The Hall–Kier alpha value is -1.75. The van der Waals surface area contributed by atoms with E-state index < -0.39 is 6.04 Å². The van der Waals surface area contributed by atoms with E-state index in [4.69, 9.17) is 15.2 Å². The second kappa shape index (κ2) is 9.23. The number of benzene rings is 1. The van der Waals surface area contributed by atoms with Crippen LogP contribution in [-0.4, -0.2) is 25.2 Å². The first-order valence-electron chi connectivity index (χ1n) is 7.58. The molecule has 5 heteroatoms. The molecule has 0 aromatic heterocycles. The molecule has 0 saturated carbocycles. The fourth-order valence-electron chi connectivity index (χ4n) is 1.92. The maximum absolute atomic E-state index is 12.0. The number of hydrogen-bond acceptors (Lipinski definition) is 4. The smallest absolute Gasteiger partial charge is 0.241 e. The summed E-state index contributed by atoms with van der Waals surface area (Å²) in [5.41, 5.74) is 6.52. The Bertz CT molecular complexity index is 449. The average Bonchev–Trinajstić information content (AvgIpc) is 2.47. The molecule has 0 heterocycles. The summed E-state index contributed by atoms with van der Waals surface area (Å²) >= 11 is 0. The van der Waals surface area contributed by atoms with Crippen LogP contribution in [0.15, 0.2) is 18.2 Å². The third-order valence-electron chi connectivity index (χ3n) is 3.02. The monoisotopic (exact) mass is 294 g/mol. The van der Waals surface area contributed by atoms with Gasteiger partial charge in [-0.15, -0.1) is 0 Å². The standard InChI is InChI=1S/C16H26N2O3/c1-4-7-8-13(17)16(19)18-12-9-10-14(20-5-2)15(11-12)21-6-3/h9-11,13H,4-8,17H2,1-3H3,(H,18,19). The van der Waals surface area contributed by atoms with Crippen LogP contribution in [0.5, 0.6) is 11.5 Å². The minimum Gasteiger partial charge on any atom is -0.490 e. The van der Waals surface area contributed by atoms with Crippen LogP contribution in [0, 0.1) is 0 Å². The lowest BCUT2D eigenvalue weighted by Crippen LogP contribution is -2.35. The zero-order valence-corrected chi connectivity index (χ0v) is 13.1. The molecule has 21 heavy (non-hydrogen) atoms.